The number of rotatable bonds is 6. The van der Waals surface area contributed by atoms with Crippen molar-refractivity contribution in [1.29, 1.82) is 0 Å². The van der Waals surface area contributed by atoms with Crippen LogP contribution < -0.4 is 21.6 Å². The van der Waals surface area contributed by atoms with Gasteiger partial charge >= 0.3 is 5.69 Å². The lowest BCUT2D eigenvalue weighted by molar-refractivity contribution is 0.699. The maximum absolute atomic E-state index is 12.6. The monoisotopic (exact) mass is 481 g/mol. The molecular formula is C29H26N2OPS+. The van der Waals surface area contributed by atoms with Gasteiger partial charge in [0.15, 0.2) is 0 Å². The van der Waals surface area contributed by atoms with E-state index in [4.69, 9.17) is 12.2 Å². The Labute approximate surface area is 205 Å². The normalized spacial score (nSPS) is 11.6. The molecule has 0 aliphatic carbocycles. The van der Waals surface area contributed by atoms with Crippen molar-refractivity contribution in [3.05, 3.63) is 130 Å². The third kappa shape index (κ3) is 3.94. The van der Waals surface area contributed by atoms with Gasteiger partial charge in [0.2, 0.25) is 0 Å². The van der Waals surface area contributed by atoms with Gasteiger partial charge < -0.3 is 4.98 Å². The quantitative estimate of drug-likeness (QED) is 0.254. The molecule has 0 saturated heterocycles. The predicted molar refractivity (Wildman–Crippen MR) is 148 cm³/mol. The molecule has 5 heteroatoms. The molecule has 168 valence electrons. The zero-order valence-electron chi connectivity index (χ0n) is 19.0. The second kappa shape index (κ2) is 9.50. The third-order valence-electron chi connectivity index (χ3n) is 6.37. The number of nitrogens with zero attached hydrogens (tertiary/aromatic N) is 1. The minimum atomic E-state index is -2.02. The van der Waals surface area contributed by atoms with Gasteiger partial charge in [0.05, 0.1) is 11.7 Å². The lowest BCUT2D eigenvalue weighted by atomic mass is 10.2. The van der Waals surface area contributed by atoms with E-state index in [0.717, 1.165) is 17.1 Å². The van der Waals surface area contributed by atoms with Crippen molar-refractivity contribution >= 4 is 46.3 Å². The Morgan fingerprint density at radius 3 is 1.74 bits per heavy atom. The molecule has 0 fully saturated rings. The fraction of sp³-hybridized carbons (Fsp3) is 0.103. The molecule has 0 unspecified atom stereocenters. The van der Waals surface area contributed by atoms with Crippen molar-refractivity contribution < 1.29 is 0 Å². The Kier molecular flexibility index (Phi) is 6.28. The molecule has 1 N–H and O–H groups in total. The summed E-state index contributed by atoms with van der Waals surface area (Å²) in [5.41, 5.74) is 1.81. The van der Waals surface area contributed by atoms with Crippen molar-refractivity contribution in [2.75, 3.05) is 0 Å². The highest BCUT2D eigenvalue weighted by atomic mass is 32.1. The minimum absolute atomic E-state index is 0.160. The van der Waals surface area contributed by atoms with E-state index in [2.05, 4.69) is 114 Å². The summed E-state index contributed by atoms with van der Waals surface area (Å²) < 4.78 is 2.19. The van der Waals surface area contributed by atoms with Gasteiger partial charge in [0.25, 0.3) is 0 Å². The fourth-order valence-electron chi connectivity index (χ4n) is 4.73. The number of hydrogen-bond donors (Lipinski definition) is 1. The average molecular weight is 482 g/mol. The van der Waals surface area contributed by atoms with Crippen LogP contribution in [0.2, 0.25) is 0 Å². The summed E-state index contributed by atoms with van der Waals surface area (Å²) in [7, 11) is -2.02. The maximum atomic E-state index is 12.6. The van der Waals surface area contributed by atoms with E-state index in [1.165, 1.54) is 21.5 Å². The Morgan fingerprint density at radius 1 is 0.765 bits per heavy atom. The van der Waals surface area contributed by atoms with Gasteiger partial charge in [-0.05, 0) is 61.0 Å². The first-order valence-electron chi connectivity index (χ1n) is 11.4. The molecule has 0 saturated carbocycles. The highest BCUT2D eigenvalue weighted by molar-refractivity contribution is 7.95. The Morgan fingerprint density at radius 2 is 1.26 bits per heavy atom. The first kappa shape index (κ1) is 22.5. The SMILES string of the molecule is CCn1c(=O)[nH]c2cc(C[P+](c3ccccc3)(c3ccccc3)c3ccccc3)ccc2c1=S. The molecule has 34 heavy (non-hydrogen) atoms. The van der Waals surface area contributed by atoms with Crippen molar-refractivity contribution in [2.45, 2.75) is 19.6 Å². The van der Waals surface area contributed by atoms with E-state index in [9.17, 15) is 4.79 Å². The zero-order valence-corrected chi connectivity index (χ0v) is 20.7. The molecule has 0 amide bonds. The average Bonchev–Trinajstić information content (AvgIpc) is 2.89. The highest BCUT2D eigenvalue weighted by Gasteiger charge is 2.45. The lowest BCUT2D eigenvalue weighted by Crippen LogP contribution is -2.32. The second-order valence-corrected chi connectivity index (χ2v) is 12.2. The largest absolute Gasteiger partial charge is 0.326 e. The summed E-state index contributed by atoms with van der Waals surface area (Å²) in [4.78, 5) is 15.6. The number of hydrogen-bond acceptors (Lipinski definition) is 2. The van der Waals surface area contributed by atoms with Crippen LogP contribution in [-0.4, -0.2) is 9.55 Å². The van der Waals surface area contributed by atoms with Crippen LogP contribution >= 0.6 is 19.5 Å². The van der Waals surface area contributed by atoms with Crippen LogP contribution in [0.4, 0.5) is 0 Å². The van der Waals surface area contributed by atoms with Crippen LogP contribution in [0.15, 0.2) is 114 Å². The smallest absolute Gasteiger partial charge is 0.307 e. The summed E-state index contributed by atoms with van der Waals surface area (Å²) in [6.07, 6.45) is 0.846. The van der Waals surface area contributed by atoms with E-state index in [1.807, 2.05) is 6.92 Å². The summed E-state index contributed by atoms with van der Waals surface area (Å²) in [5.74, 6) is 0. The van der Waals surface area contributed by atoms with E-state index in [1.54, 1.807) is 4.57 Å². The Bertz CT molecular complexity index is 1450. The predicted octanol–water partition coefficient (Wildman–Crippen LogP) is 5.57. The van der Waals surface area contributed by atoms with Crippen molar-refractivity contribution in [3.8, 4) is 0 Å². The maximum Gasteiger partial charge on any atom is 0.326 e. The summed E-state index contributed by atoms with van der Waals surface area (Å²) >= 11 is 5.61. The van der Waals surface area contributed by atoms with Crippen molar-refractivity contribution in [3.63, 3.8) is 0 Å². The van der Waals surface area contributed by atoms with Gasteiger partial charge in [-0.25, -0.2) is 4.79 Å². The molecule has 5 rings (SSSR count). The number of aromatic nitrogens is 2. The van der Waals surface area contributed by atoms with Crippen LogP contribution in [0.3, 0.4) is 0 Å². The van der Waals surface area contributed by atoms with Crippen LogP contribution in [-0.2, 0) is 12.7 Å². The number of aromatic amines is 1. The van der Waals surface area contributed by atoms with Crippen molar-refractivity contribution in [1.82, 2.24) is 9.55 Å². The summed E-state index contributed by atoms with van der Waals surface area (Å²) in [6.45, 7) is 2.49. The third-order valence-corrected chi connectivity index (χ3v) is 11.2. The molecular weight excluding hydrogens is 455 g/mol. The number of nitrogens with one attached hydrogen (secondary N) is 1. The van der Waals surface area contributed by atoms with Crippen molar-refractivity contribution in [2.24, 2.45) is 0 Å². The van der Waals surface area contributed by atoms with Crippen LogP contribution in [0.25, 0.3) is 10.9 Å². The molecule has 0 bridgehead atoms. The van der Waals surface area contributed by atoms with Gasteiger partial charge in [-0.2, -0.15) is 0 Å². The van der Waals surface area contributed by atoms with Gasteiger partial charge in [-0.3, -0.25) is 4.57 Å². The first-order valence-corrected chi connectivity index (χ1v) is 13.8. The molecule has 5 aromatic rings. The van der Waals surface area contributed by atoms with E-state index >= 15 is 0 Å². The number of fused-ring (bicyclic) bond motifs is 1. The van der Waals surface area contributed by atoms with E-state index < -0.39 is 7.26 Å². The topological polar surface area (TPSA) is 37.8 Å². The van der Waals surface area contributed by atoms with Gasteiger partial charge in [0.1, 0.15) is 27.8 Å². The molecule has 0 radical (unpaired) electrons. The molecule has 0 atom stereocenters. The zero-order chi connectivity index (χ0) is 23.5. The highest BCUT2D eigenvalue weighted by Crippen LogP contribution is 2.58. The fourth-order valence-corrected chi connectivity index (χ4v) is 9.35. The van der Waals surface area contributed by atoms with E-state index in [-0.39, 0.29) is 5.69 Å². The number of benzene rings is 4. The molecule has 0 aliphatic heterocycles. The molecule has 0 aliphatic rings. The van der Waals surface area contributed by atoms with Gasteiger partial charge in [-0.15, -0.1) is 0 Å². The van der Waals surface area contributed by atoms with Crippen LogP contribution in [0, 0.1) is 4.64 Å². The first-order chi connectivity index (χ1) is 16.6. The van der Waals surface area contributed by atoms with Crippen LogP contribution in [0.1, 0.15) is 12.5 Å². The lowest BCUT2D eigenvalue weighted by Gasteiger charge is -2.28. The summed E-state index contributed by atoms with van der Waals surface area (Å²) in [6, 6.07) is 38.8. The van der Waals surface area contributed by atoms with Crippen LogP contribution in [0.5, 0.6) is 0 Å². The molecule has 3 nitrogen and oxygen atoms in total. The molecule has 1 aromatic heterocycles. The second-order valence-electron chi connectivity index (χ2n) is 8.33. The molecule has 0 spiro atoms. The summed E-state index contributed by atoms with van der Waals surface area (Å²) in [5, 5.41) is 4.91. The number of H-pyrrole nitrogens is 1. The Hall–Kier alpha value is -3.33. The molecule has 4 aromatic carbocycles. The van der Waals surface area contributed by atoms with Gasteiger partial charge in [0, 0.05) is 11.9 Å². The van der Waals surface area contributed by atoms with Gasteiger partial charge in [-0.1, -0.05) is 72.9 Å². The minimum Gasteiger partial charge on any atom is -0.307 e. The standard InChI is InChI=1S/C29H25N2OPS/c1-2-31-28(34)26-19-18-22(20-27(26)30-29(31)32)21-33(23-12-6-3-7-13-23,24-14-8-4-9-15-24)25-16-10-5-11-17-25/h3-20H,2,21H2,1H3/p+1. The van der Waals surface area contributed by atoms with E-state index in [0.29, 0.717) is 11.2 Å². The molecule has 1 heterocycles. The Balaban J connectivity index is 1.76.